The van der Waals surface area contributed by atoms with Crippen molar-refractivity contribution in [2.45, 2.75) is 58.5 Å². The van der Waals surface area contributed by atoms with Gasteiger partial charge in [0.15, 0.2) is 5.82 Å². The molecule has 0 aliphatic carbocycles. The molecule has 2 aromatic rings. The Labute approximate surface area is 208 Å². The van der Waals surface area contributed by atoms with Crippen molar-refractivity contribution in [2.75, 3.05) is 18.4 Å². The molecule has 192 valence electrons. The van der Waals surface area contributed by atoms with Crippen molar-refractivity contribution in [3.8, 4) is 11.9 Å². The van der Waals surface area contributed by atoms with Crippen molar-refractivity contribution in [1.82, 2.24) is 14.9 Å². The van der Waals surface area contributed by atoms with E-state index in [1.165, 1.54) is 12.1 Å². The van der Waals surface area contributed by atoms with Gasteiger partial charge in [-0.25, -0.2) is 14.2 Å². The normalized spacial score (nSPS) is 25.6. The number of amides is 1. The first-order valence-corrected chi connectivity index (χ1v) is 11.7. The van der Waals surface area contributed by atoms with Crippen molar-refractivity contribution < 1.29 is 27.8 Å². The summed E-state index contributed by atoms with van der Waals surface area (Å²) in [4.78, 5) is 22.2. The van der Waals surface area contributed by atoms with Gasteiger partial charge in [0.05, 0.1) is 29.5 Å². The highest BCUT2D eigenvalue weighted by Crippen LogP contribution is 2.39. The minimum atomic E-state index is -0.880. The van der Waals surface area contributed by atoms with Gasteiger partial charge in [-0.1, -0.05) is 0 Å². The minimum Gasteiger partial charge on any atom is -0.471 e. The van der Waals surface area contributed by atoms with E-state index in [1.807, 2.05) is 40.7 Å². The lowest BCUT2D eigenvalue weighted by atomic mass is 9.77. The van der Waals surface area contributed by atoms with Crippen LogP contribution in [0.3, 0.4) is 0 Å². The van der Waals surface area contributed by atoms with Gasteiger partial charge >= 0.3 is 6.09 Å². The number of ether oxygens (including phenoxy) is 3. The fraction of sp³-hybridized carbons (Fsp3) is 0.520. The van der Waals surface area contributed by atoms with Crippen LogP contribution in [0.5, 0.6) is 5.88 Å². The Hall–Kier alpha value is -3.52. The fourth-order valence-corrected chi connectivity index (χ4v) is 4.60. The molecule has 1 amide bonds. The Morgan fingerprint density at radius 2 is 1.86 bits per heavy atom. The molecule has 0 spiro atoms. The maximum Gasteiger partial charge on any atom is 0.410 e. The summed E-state index contributed by atoms with van der Waals surface area (Å²) in [6, 6.07) is 5.62. The van der Waals surface area contributed by atoms with E-state index in [9.17, 15) is 9.18 Å². The first-order valence-electron chi connectivity index (χ1n) is 11.7. The van der Waals surface area contributed by atoms with Crippen LogP contribution in [0.2, 0.25) is 0 Å². The second-order valence-electron chi connectivity index (χ2n) is 10.1. The summed E-state index contributed by atoms with van der Waals surface area (Å²) in [5.74, 6) is -2.66. The topological polar surface area (TPSA) is 110 Å². The van der Waals surface area contributed by atoms with Gasteiger partial charge in [-0.3, -0.25) is 0 Å². The smallest absolute Gasteiger partial charge is 0.410 e. The third kappa shape index (κ3) is 5.33. The third-order valence-electron chi connectivity index (χ3n) is 6.35. The number of aromatic nitrogens is 2. The number of anilines is 2. The molecule has 4 atom stereocenters. The molecular weight excluding hydrogens is 472 g/mol. The lowest BCUT2D eigenvalue weighted by molar-refractivity contribution is -0.182. The average Bonchev–Trinajstić information content (AvgIpc) is 2.80. The van der Waals surface area contributed by atoms with E-state index in [1.54, 1.807) is 4.90 Å². The SMILES string of the molecule is CC1OC(C)C2CN(C(=O)OC(C)(C)C)CC1C2Oc1ncnc(Nc2ccc(C#N)cc2F)c1F. The highest BCUT2D eigenvalue weighted by molar-refractivity contribution is 5.68. The maximum absolute atomic E-state index is 15.3. The molecule has 2 bridgehead atoms. The Morgan fingerprint density at radius 3 is 2.44 bits per heavy atom. The zero-order valence-electron chi connectivity index (χ0n) is 20.8. The maximum atomic E-state index is 15.3. The number of fused-ring (bicyclic) bond motifs is 2. The first kappa shape index (κ1) is 25.6. The van der Waals surface area contributed by atoms with E-state index in [0.717, 1.165) is 12.4 Å². The first-order chi connectivity index (χ1) is 17.0. The zero-order valence-corrected chi connectivity index (χ0v) is 20.8. The van der Waals surface area contributed by atoms with E-state index >= 15 is 4.39 Å². The number of halogens is 2. The fourth-order valence-electron chi connectivity index (χ4n) is 4.60. The number of likely N-dealkylation sites (tertiary alicyclic amines) is 1. The molecule has 4 unspecified atom stereocenters. The average molecular weight is 502 g/mol. The number of nitrogens with zero attached hydrogens (tertiary/aromatic N) is 4. The molecule has 1 aromatic heterocycles. The molecule has 9 nitrogen and oxygen atoms in total. The standard InChI is InChI=1S/C25H29F2N5O4/c1-13-16-10-32(24(33)36-25(3,4)5)11-17(14(2)34-13)21(16)35-23-20(27)22(29-12-30-23)31-19-7-6-15(9-28)8-18(19)26/h6-8,12-14,16-17,21H,10-11H2,1-5H3,(H,29,30,31). The quantitative estimate of drug-likeness (QED) is 0.656. The number of nitrogens with one attached hydrogen (secondary N) is 1. The number of carbonyl (C=O) groups is 1. The van der Waals surface area contributed by atoms with Gasteiger partial charge in [-0.2, -0.15) is 14.6 Å². The van der Waals surface area contributed by atoms with Gasteiger partial charge in [0, 0.05) is 24.9 Å². The van der Waals surface area contributed by atoms with Crippen LogP contribution in [-0.2, 0) is 9.47 Å². The minimum absolute atomic E-state index is 0.0456. The van der Waals surface area contributed by atoms with Crippen LogP contribution in [0.15, 0.2) is 24.5 Å². The summed E-state index contributed by atoms with van der Waals surface area (Å²) in [7, 11) is 0. The Kier molecular flexibility index (Phi) is 7.00. The second kappa shape index (κ2) is 9.85. The highest BCUT2D eigenvalue weighted by Gasteiger charge is 2.50. The van der Waals surface area contributed by atoms with Crippen molar-refractivity contribution in [2.24, 2.45) is 11.8 Å². The van der Waals surface area contributed by atoms with Crippen LogP contribution in [0.4, 0.5) is 25.1 Å². The molecule has 0 saturated carbocycles. The third-order valence-corrected chi connectivity index (χ3v) is 6.35. The molecule has 1 N–H and O–H groups in total. The van der Waals surface area contributed by atoms with Crippen LogP contribution < -0.4 is 10.1 Å². The summed E-state index contributed by atoms with van der Waals surface area (Å²) in [6.07, 6.45) is -0.298. The molecule has 36 heavy (non-hydrogen) atoms. The summed E-state index contributed by atoms with van der Waals surface area (Å²) in [5, 5.41) is 11.5. The van der Waals surface area contributed by atoms with E-state index in [0.29, 0.717) is 13.1 Å². The molecule has 2 aliphatic rings. The van der Waals surface area contributed by atoms with Crippen LogP contribution in [0.25, 0.3) is 0 Å². The number of hydrogen-bond acceptors (Lipinski definition) is 8. The number of nitriles is 1. The second-order valence-corrected chi connectivity index (χ2v) is 10.1. The summed E-state index contributed by atoms with van der Waals surface area (Å²) in [5.41, 5.74) is -0.537. The molecule has 3 heterocycles. The molecule has 2 fully saturated rings. The summed E-state index contributed by atoms with van der Waals surface area (Å²) < 4.78 is 47.4. The van der Waals surface area contributed by atoms with Crippen molar-refractivity contribution in [3.63, 3.8) is 0 Å². The number of hydrogen-bond donors (Lipinski definition) is 1. The van der Waals surface area contributed by atoms with Crippen molar-refractivity contribution in [1.29, 1.82) is 5.26 Å². The lowest BCUT2D eigenvalue weighted by Crippen LogP contribution is -2.63. The predicted molar refractivity (Wildman–Crippen MR) is 126 cm³/mol. The predicted octanol–water partition coefficient (Wildman–Crippen LogP) is 4.41. The number of benzene rings is 1. The Bertz CT molecular complexity index is 1160. The largest absolute Gasteiger partial charge is 0.471 e. The molecule has 0 radical (unpaired) electrons. The van der Waals surface area contributed by atoms with Gasteiger partial charge in [-0.05, 0) is 52.8 Å². The monoisotopic (exact) mass is 501 g/mol. The van der Waals surface area contributed by atoms with Crippen LogP contribution in [0, 0.1) is 34.8 Å². The van der Waals surface area contributed by atoms with E-state index in [2.05, 4.69) is 15.3 Å². The van der Waals surface area contributed by atoms with Gasteiger partial charge < -0.3 is 24.4 Å². The molecule has 4 rings (SSSR count). The van der Waals surface area contributed by atoms with Crippen molar-refractivity contribution >= 4 is 17.6 Å². The van der Waals surface area contributed by atoms with Gasteiger partial charge in [-0.15, -0.1) is 0 Å². The van der Waals surface area contributed by atoms with E-state index < -0.39 is 29.4 Å². The van der Waals surface area contributed by atoms with Crippen LogP contribution >= 0.6 is 0 Å². The Morgan fingerprint density at radius 1 is 1.19 bits per heavy atom. The lowest BCUT2D eigenvalue weighted by Gasteiger charge is -2.51. The highest BCUT2D eigenvalue weighted by atomic mass is 19.1. The van der Waals surface area contributed by atoms with E-state index in [4.69, 9.17) is 19.5 Å². The van der Waals surface area contributed by atoms with Crippen LogP contribution in [-0.4, -0.2) is 58.0 Å². The number of piperidine rings is 1. The van der Waals surface area contributed by atoms with Gasteiger partial charge in [0.1, 0.15) is 23.8 Å². The zero-order chi connectivity index (χ0) is 26.2. The summed E-state index contributed by atoms with van der Waals surface area (Å²) in [6.45, 7) is 9.85. The van der Waals surface area contributed by atoms with Gasteiger partial charge in [0.25, 0.3) is 5.88 Å². The molecule has 2 saturated heterocycles. The molecule has 2 aliphatic heterocycles. The van der Waals surface area contributed by atoms with E-state index in [-0.39, 0.29) is 47.0 Å². The number of rotatable bonds is 4. The Balaban J connectivity index is 1.55. The molecule has 1 aromatic carbocycles. The van der Waals surface area contributed by atoms with Crippen LogP contribution in [0.1, 0.15) is 40.2 Å². The molecular formula is C25H29F2N5O4. The van der Waals surface area contributed by atoms with Gasteiger partial charge in [0.2, 0.25) is 5.82 Å². The summed E-state index contributed by atoms with van der Waals surface area (Å²) >= 11 is 0. The van der Waals surface area contributed by atoms with Crippen molar-refractivity contribution in [3.05, 3.63) is 41.7 Å². The molecule has 11 heteroatoms. The number of carbonyl (C=O) groups excluding carboxylic acids is 1.